The Kier molecular flexibility index (Phi) is 4.36. The molecule has 4 aromatic rings. The normalized spacial score (nSPS) is 10.9. The third-order valence-corrected chi connectivity index (χ3v) is 4.38. The molecule has 0 atom stereocenters. The Hall–Kier alpha value is -3.94. The Morgan fingerprint density at radius 3 is 2.61 bits per heavy atom. The van der Waals surface area contributed by atoms with Crippen molar-refractivity contribution in [2.24, 2.45) is 7.05 Å². The fourth-order valence-corrected chi connectivity index (χ4v) is 2.87. The lowest BCUT2D eigenvalue weighted by molar-refractivity contribution is 0.404. The Labute approximate surface area is 159 Å². The SMILES string of the molecule is Cn1cnc2cc(-c3ccc(O)c(O)c3)nc(NCc3ccncc3)c2c1=O. The highest BCUT2D eigenvalue weighted by molar-refractivity contribution is 5.91. The van der Waals surface area contributed by atoms with Crippen molar-refractivity contribution in [2.75, 3.05) is 5.32 Å². The van der Waals surface area contributed by atoms with E-state index in [0.29, 0.717) is 34.5 Å². The van der Waals surface area contributed by atoms with Gasteiger partial charge in [-0.3, -0.25) is 9.78 Å². The van der Waals surface area contributed by atoms with E-state index in [4.69, 9.17) is 0 Å². The van der Waals surface area contributed by atoms with Gasteiger partial charge >= 0.3 is 0 Å². The monoisotopic (exact) mass is 375 g/mol. The molecule has 0 saturated heterocycles. The van der Waals surface area contributed by atoms with Crippen molar-refractivity contribution in [3.05, 3.63) is 71.0 Å². The van der Waals surface area contributed by atoms with Gasteiger partial charge in [0.15, 0.2) is 11.5 Å². The predicted molar refractivity (Wildman–Crippen MR) is 105 cm³/mol. The molecule has 0 aliphatic rings. The maximum absolute atomic E-state index is 12.7. The van der Waals surface area contributed by atoms with Crippen LogP contribution in [-0.4, -0.2) is 29.7 Å². The lowest BCUT2D eigenvalue weighted by atomic mass is 10.1. The van der Waals surface area contributed by atoms with Gasteiger partial charge in [0, 0.05) is 31.5 Å². The van der Waals surface area contributed by atoms with Crippen LogP contribution in [0, 0.1) is 0 Å². The van der Waals surface area contributed by atoms with Crippen molar-refractivity contribution >= 4 is 16.7 Å². The molecule has 0 aliphatic carbocycles. The Morgan fingerprint density at radius 2 is 1.86 bits per heavy atom. The maximum Gasteiger partial charge on any atom is 0.264 e. The number of hydrogen-bond acceptors (Lipinski definition) is 7. The molecule has 0 amide bonds. The van der Waals surface area contributed by atoms with E-state index in [9.17, 15) is 15.0 Å². The number of phenols is 2. The van der Waals surface area contributed by atoms with E-state index in [2.05, 4.69) is 20.3 Å². The number of fused-ring (bicyclic) bond motifs is 1. The van der Waals surface area contributed by atoms with E-state index in [1.54, 1.807) is 31.6 Å². The van der Waals surface area contributed by atoms with Gasteiger partial charge in [-0.1, -0.05) is 0 Å². The summed E-state index contributed by atoms with van der Waals surface area (Å²) in [7, 11) is 1.63. The van der Waals surface area contributed by atoms with Gasteiger partial charge in [-0.25, -0.2) is 9.97 Å². The van der Waals surface area contributed by atoms with E-state index in [-0.39, 0.29) is 17.1 Å². The number of benzene rings is 1. The Bertz CT molecular complexity index is 1220. The summed E-state index contributed by atoms with van der Waals surface area (Å²) in [5, 5.41) is 22.9. The van der Waals surface area contributed by atoms with E-state index in [1.807, 2.05) is 12.1 Å². The zero-order valence-corrected chi connectivity index (χ0v) is 15.0. The van der Waals surface area contributed by atoms with Crippen LogP contribution in [0.4, 0.5) is 5.82 Å². The molecule has 3 heterocycles. The molecule has 4 rings (SSSR count). The van der Waals surface area contributed by atoms with Crippen LogP contribution < -0.4 is 10.9 Å². The summed E-state index contributed by atoms with van der Waals surface area (Å²) in [6.07, 6.45) is 4.84. The van der Waals surface area contributed by atoms with Gasteiger partial charge in [-0.05, 0) is 42.0 Å². The fourth-order valence-electron chi connectivity index (χ4n) is 2.87. The van der Waals surface area contributed by atoms with Gasteiger partial charge in [0.25, 0.3) is 5.56 Å². The molecule has 0 unspecified atom stereocenters. The average molecular weight is 375 g/mol. The number of anilines is 1. The molecular formula is C20H17N5O3. The van der Waals surface area contributed by atoms with Crippen LogP contribution in [0.1, 0.15) is 5.56 Å². The van der Waals surface area contributed by atoms with Crippen LogP contribution in [0.2, 0.25) is 0 Å². The van der Waals surface area contributed by atoms with Crippen LogP contribution in [0.3, 0.4) is 0 Å². The maximum atomic E-state index is 12.7. The van der Waals surface area contributed by atoms with Crippen LogP contribution in [0.15, 0.2) is 59.9 Å². The second-order valence-electron chi connectivity index (χ2n) is 6.32. The van der Waals surface area contributed by atoms with E-state index >= 15 is 0 Å². The molecule has 140 valence electrons. The summed E-state index contributed by atoms with van der Waals surface area (Å²) < 4.78 is 1.40. The summed E-state index contributed by atoms with van der Waals surface area (Å²) in [6.45, 7) is 0.451. The average Bonchev–Trinajstić information content (AvgIpc) is 2.71. The third-order valence-electron chi connectivity index (χ3n) is 4.38. The van der Waals surface area contributed by atoms with Gasteiger partial charge in [-0.2, -0.15) is 0 Å². The first-order valence-corrected chi connectivity index (χ1v) is 8.54. The standard InChI is InChI=1S/C20H17N5O3/c1-25-11-23-15-9-14(13-2-3-16(26)17(27)8-13)24-19(18(15)20(25)28)22-10-12-4-6-21-7-5-12/h2-9,11,26-27H,10H2,1H3,(H,22,24). The zero-order chi connectivity index (χ0) is 19.7. The minimum absolute atomic E-state index is 0.213. The molecule has 0 radical (unpaired) electrons. The lowest BCUT2D eigenvalue weighted by Gasteiger charge is -2.12. The van der Waals surface area contributed by atoms with Gasteiger partial charge in [0.2, 0.25) is 0 Å². The number of hydrogen-bond donors (Lipinski definition) is 3. The molecule has 0 aliphatic heterocycles. The smallest absolute Gasteiger partial charge is 0.264 e. The molecule has 28 heavy (non-hydrogen) atoms. The van der Waals surface area contributed by atoms with Gasteiger partial charge in [-0.15, -0.1) is 0 Å². The number of pyridine rings is 2. The van der Waals surface area contributed by atoms with Gasteiger partial charge < -0.3 is 20.1 Å². The van der Waals surface area contributed by atoms with E-state index < -0.39 is 0 Å². The third kappa shape index (κ3) is 3.23. The number of nitrogens with zero attached hydrogens (tertiary/aromatic N) is 4. The van der Waals surface area contributed by atoms with Crippen molar-refractivity contribution in [2.45, 2.75) is 6.54 Å². The lowest BCUT2D eigenvalue weighted by Crippen LogP contribution is -2.19. The molecule has 3 aromatic heterocycles. The quantitative estimate of drug-likeness (QED) is 0.469. The number of nitrogens with one attached hydrogen (secondary N) is 1. The molecule has 3 N–H and O–H groups in total. The van der Waals surface area contributed by atoms with Crippen LogP contribution in [0.5, 0.6) is 11.5 Å². The van der Waals surface area contributed by atoms with E-state index in [0.717, 1.165) is 5.56 Å². The van der Waals surface area contributed by atoms with E-state index in [1.165, 1.54) is 23.0 Å². The van der Waals surface area contributed by atoms with Crippen molar-refractivity contribution < 1.29 is 10.2 Å². The minimum atomic E-state index is -0.248. The van der Waals surface area contributed by atoms with Gasteiger partial charge in [0.05, 0.1) is 17.5 Å². The first kappa shape index (κ1) is 17.5. The fraction of sp³-hybridized carbons (Fsp3) is 0.100. The molecule has 0 spiro atoms. The molecule has 1 aromatic carbocycles. The van der Waals surface area contributed by atoms with Crippen LogP contribution in [0.25, 0.3) is 22.2 Å². The van der Waals surface area contributed by atoms with Crippen molar-refractivity contribution in [1.29, 1.82) is 0 Å². The first-order valence-electron chi connectivity index (χ1n) is 8.54. The highest BCUT2D eigenvalue weighted by Crippen LogP contribution is 2.31. The molecule has 0 saturated carbocycles. The summed E-state index contributed by atoms with van der Waals surface area (Å²) in [5.74, 6) is -0.0687. The van der Waals surface area contributed by atoms with Gasteiger partial charge in [0.1, 0.15) is 11.2 Å². The van der Waals surface area contributed by atoms with Crippen molar-refractivity contribution in [3.63, 3.8) is 0 Å². The first-order chi connectivity index (χ1) is 13.5. The highest BCUT2D eigenvalue weighted by Gasteiger charge is 2.14. The largest absolute Gasteiger partial charge is 0.504 e. The summed E-state index contributed by atoms with van der Waals surface area (Å²) in [4.78, 5) is 25.6. The Morgan fingerprint density at radius 1 is 1.07 bits per heavy atom. The van der Waals surface area contributed by atoms with Crippen molar-refractivity contribution in [3.8, 4) is 22.8 Å². The number of rotatable bonds is 4. The number of phenolic OH excluding ortho intramolecular Hbond substituents is 2. The molecule has 8 heteroatoms. The summed E-state index contributed by atoms with van der Waals surface area (Å²) in [6, 6.07) is 9.85. The summed E-state index contributed by atoms with van der Waals surface area (Å²) in [5.41, 5.74) is 2.36. The molecule has 8 nitrogen and oxygen atoms in total. The molecule has 0 bridgehead atoms. The topological polar surface area (TPSA) is 113 Å². The highest BCUT2D eigenvalue weighted by atomic mass is 16.3. The second kappa shape index (κ2) is 6.99. The summed E-state index contributed by atoms with van der Waals surface area (Å²) >= 11 is 0. The molecule has 0 fully saturated rings. The number of aryl methyl sites for hydroxylation is 1. The van der Waals surface area contributed by atoms with Crippen LogP contribution >= 0.6 is 0 Å². The number of aromatic hydroxyl groups is 2. The zero-order valence-electron chi connectivity index (χ0n) is 15.0. The van der Waals surface area contributed by atoms with Crippen molar-refractivity contribution in [1.82, 2.24) is 19.5 Å². The van der Waals surface area contributed by atoms with Crippen LogP contribution in [-0.2, 0) is 13.6 Å². The Balaban J connectivity index is 1.85. The minimum Gasteiger partial charge on any atom is -0.504 e. The predicted octanol–water partition coefficient (Wildman–Crippen LogP) is 2.41. The molecular weight excluding hydrogens is 358 g/mol. The second-order valence-corrected chi connectivity index (χ2v) is 6.32. The number of aromatic nitrogens is 4.